The summed E-state index contributed by atoms with van der Waals surface area (Å²) in [5.41, 5.74) is 3.66. The number of carbonyl (C=O) groups excluding carboxylic acids is 1. The minimum atomic E-state index is -0.340. The van der Waals surface area contributed by atoms with E-state index in [1.807, 2.05) is 60.7 Å². The summed E-state index contributed by atoms with van der Waals surface area (Å²) in [6, 6.07) is 19.2. The summed E-state index contributed by atoms with van der Waals surface area (Å²) >= 11 is 0. The number of aryl methyl sites for hydroxylation is 1. The molecule has 0 aliphatic heterocycles. The molecule has 4 heteroatoms. The van der Waals surface area contributed by atoms with E-state index < -0.39 is 0 Å². The standard InChI is InChI=1S/C34H45NO3/c1-3-5-7-9-10-12-14-26-37-32-24-25-33(35-27-32)29-20-22-31(23-21-29)38-34(36)30-18-16-28(17-19-30)15-13-11-8-6-4-2/h16-25,27H,3-15,26H2,1-2H3. The lowest BCUT2D eigenvalue weighted by atomic mass is 10.0. The van der Waals surface area contributed by atoms with Crippen molar-refractivity contribution in [1.82, 2.24) is 4.98 Å². The average molecular weight is 516 g/mol. The highest BCUT2D eigenvalue weighted by Gasteiger charge is 2.09. The highest BCUT2D eigenvalue weighted by Crippen LogP contribution is 2.23. The Morgan fingerprint density at radius 1 is 0.658 bits per heavy atom. The first-order valence-electron chi connectivity index (χ1n) is 14.7. The third-order valence-corrected chi connectivity index (χ3v) is 6.87. The van der Waals surface area contributed by atoms with Crippen molar-refractivity contribution in [2.45, 2.75) is 97.3 Å². The summed E-state index contributed by atoms with van der Waals surface area (Å²) in [7, 11) is 0. The van der Waals surface area contributed by atoms with Gasteiger partial charge >= 0.3 is 5.97 Å². The van der Waals surface area contributed by atoms with Crippen LogP contribution in [0.3, 0.4) is 0 Å². The van der Waals surface area contributed by atoms with Crippen LogP contribution in [0, 0.1) is 0 Å². The molecule has 1 heterocycles. The zero-order valence-electron chi connectivity index (χ0n) is 23.4. The minimum absolute atomic E-state index is 0.340. The summed E-state index contributed by atoms with van der Waals surface area (Å²) in [4.78, 5) is 17.1. The van der Waals surface area contributed by atoms with E-state index in [2.05, 4.69) is 18.8 Å². The van der Waals surface area contributed by atoms with Gasteiger partial charge in [-0.05, 0) is 73.4 Å². The first-order valence-corrected chi connectivity index (χ1v) is 14.7. The number of hydrogen-bond acceptors (Lipinski definition) is 4. The fourth-order valence-electron chi connectivity index (χ4n) is 4.49. The zero-order valence-corrected chi connectivity index (χ0v) is 23.4. The quantitative estimate of drug-likeness (QED) is 0.0961. The van der Waals surface area contributed by atoms with Crippen molar-refractivity contribution >= 4 is 5.97 Å². The smallest absolute Gasteiger partial charge is 0.343 e. The molecule has 0 saturated carbocycles. The fourth-order valence-corrected chi connectivity index (χ4v) is 4.49. The summed E-state index contributed by atoms with van der Waals surface area (Å²) < 4.78 is 11.4. The molecule has 0 bridgehead atoms. The first-order chi connectivity index (χ1) is 18.7. The van der Waals surface area contributed by atoms with Crippen molar-refractivity contribution in [3.05, 3.63) is 78.0 Å². The van der Waals surface area contributed by atoms with Crippen LogP contribution in [0.4, 0.5) is 0 Å². The molecular weight excluding hydrogens is 470 g/mol. The molecule has 0 saturated heterocycles. The summed E-state index contributed by atoms with van der Waals surface area (Å²) in [5.74, 6) is 0.981. The molecule has 1 aromatic heterocycles. The van der Waals surface area contributed by atoms with E-state index in [-0.39, 0.29) is 5.97 Å². The third-order valence-electron chi connectivity index (χ3n) is 6.87. The molecule has 204 valence electrons. The third kappa shape index (κ3) is 10.7. The predicted octanol–water partition coefficient (Wildman–Crippen LogP) is 9.61. The largest absolute Gasteiger partial charge is 0.492 e. The molecule has 0 amide bonds. The van der Waals surface area contributed by atoms with E-state index >= 15 is 0 Å². The van der Waals surface area contributed by atoms with Crippen LogP contribution in [0.25, 0.3) is 11.3 Å². The lowest BCUT2D eigenvalue weighted by Crippen LogP contribution is -2.08. The van der Waals surface area contributed by atoms with Crippen LogP contribution in [0.1, 0.15) is 107 Å². The highest BCUT2D eigenvalue weighted by atomic mass is 16.5. The Labute approximate surface area is 229 Å². The molecule has 0 aliphatic carbocycles. The van der Waals surface area contributed by atoms with E-state index in [1.165, 1.54) is 76.2 Å². The molecule has 0 spiro atoms. The number of carbonyl (C=O) groups is 1. The molecule has 0 N–H and O–H groups in total. The van der Waals surface area contributed by atoms with Crippen molar-refractivity contribution < 1.29 is 14.3 Å². The van der Waals surface area contributed by atoms with Gasteiger partial charge in [0, 0.05) is 5.56 Å². The molecule has 2 aromatic carbocycles. The van der Waals surface area contributed by atoms with Gasteiger partial charge in [-0.25, -0.2) is 4.79 Å². The number of pyridine rings is 1. The Morgan fingerprint density at radius 3 is 1.89 bits per heavy atom. The van der Waals surface area contributed by atoms with Crippen LogP contribution in [0.5, 0.6) is 11.5 Å². The Morgan fingerprint density at radius 2 is 1.26 bits per heavy atom. The summed E-state index contributed by atoms with van der Waals surface area (Å²) in [6.07, 6.45) is 18.1. The van der Waals surface area contributed by atoms with Gasteiger partial charge in [0.05, 0.1) is 24.1 Å². The molecule has 0 aliphatic rings. The normalized spacial score (nSPS) is 10.9. The van der Waals surface area contributed by atoms with Crippen molar-refractivity contribution in [3.63, 3.8) is 0 Å². The second-order valence-corrected chi connectivity index (χ2v) is 10.1. The Hall–Kier alpha value is -3.14. The molecule has 0 fully saturated rings. The van der Waals surface area contributed by atoms with Crippen molar-refractivity contribution in [3.8, 4) is 22.8 Å². The lowest BCUT2D eigenvalue weighted by molar-refractivity contribution is 0.0734. The average Bonchev–Trinajstić information content (AvgIpc) is 2.95. The molecule has 0 atom stereocenters. The van der Waals surface area contributed by atoms with Crippen LogP contribution in [-0.4, -0.2) is 17.6 Å². The first kappa shape index (κ1) is 29.4. The molecule has 4 nitrogen and oxygen atoms in total. The Balaban J connectivity index is 1.40. The molecule has 38 heavy (non-hydrogen) atoms. The van der Waals surface area contributed by atoms with E-state index in [1.54, 1.807) is 6.20 Å². The zero-order chi connectivity index (χ0) is 26.8. The maximum atomic E-state index is 12.6. The molecular formula is C34H45NO3. The van der Waals surface area contributed by atoms with Gasteiger partial charge in [-0.15, -0.1) is 0 Å². The minimum Gasteiger partial charge on any atom is -0.492 e. The number of hydrogen-bond donors (Lipinski definition) is 0. The van der Waals surface area contributed by atoms with Gasteiger partial charge in [-0.3, -0.25) is 4.98 Å². The molecule has 3 aromatic rings. The van der Waals surface area contributed by atoms with E-state index in [0.717, 1.165) is 36.5 Å². The van der Waals surface area contributed by atoms with Crippen LogP contribution in [0.2, 0.25) is 0 Å². The van der Waals surface area contributed by atoms with Crippen molar-refractivity contribution in [1.29, 1.82) is 0 Å². The van der Waals surface area contributed by atoms with Gasteiger partial charge in [0.15, 0.2) is 0 Å². The van der Waals surface area contributed by atoms with Gasteiger partial charge < -0.3 is 9.47 Å². The summed E-state index contributed by atoms with van der Waals surface area (Å²) in [5, 5.41) is 0. The van der Waals surface area contributed by atoms with E-state index in [4.69, 9.17) is 9.47 Å². The van der Waals surface area contributed by atoms with Crippen molar-refractivity contribution in [2.24, 2.45) is 0 Å². The van der Waals surface area contributed by atoms with Crippen LogP contribution >= 0.6 is 0 Å². The van der Waals surface area contributed by atoms with E-state index in [0.29, 0.717) is 11.3 Å². The second-order valence-electron chi connectivity index (χ2n) is 10.1. The van der Waals surface area contributed by atoms with Crippen LogP contribution < -0.4 is 9.47 Å². The number of benzene rings is 2. The van der Waals surface area contributed by atoms with Gasteiger partial charge in [0.25, 0.3) is 0 Å². The number of aromatic nitrogens is 1. The number of esters is 1. The predicted molar refractivity (Wildman–Crippen MR) is 157 cm³/mol. The monoisotopic (exact) mass is 515 g/mol. The molecule has 3 rings (SSSR count). The Bertz CT molecular complexity index is 1040. The fraction of sp³-hybridized carbons (Fsp3) is 0.471. The molecule has 0 unspecified atom stereocenters. The Kier molecular flexibility index (Phi) is 13.5. The number of rotatable bonds is 18. The van der Waals surface area contributed by atoms with Gasteiger partial charge in [0.2, 0.25) is 0 Å². The molecule has 0 radical (unpaired) electrons. The highest BCUT2D eigenvalue weighted by molar-refractivity contribution is 5.91. The van der Waals surface area contributed by atoms with Gasteiger partial charge in [0.1, 0.15) is 11.5 Å². The van der Waals surface area contributed by atoms with Gasteiger partial charge in [-0.2, -0.15) is 0 Å². The second kappa shape index (κ2) is 17.4. The maximum Gasteiger partial charge on any atom is 0.343 e. The van der Waals surface area contributed by atoms with Gasteiger partial charge in [-0.1, -0.05) is 90.2 Å². The SMILES string of the molecule is CCCCCCCCCOc1ccc(-c2ccc(OC(=O)c3ccc(CCCCCCC)cc3)cc2)nc1. The topological polar surface area (TPSA) is 48.4 Å². The van der Waals surface area contributed by atoms with Crippen LogP contribution in [0.15, 0.2) is 66.9 Å². The van der Waals surface area contributed by atoms with Crippen LogP contribution in [-0.2, 0) is 6.42 Å². The number of nitrogens with zero attached hydrogens (tertiary/aromatic N) is 1. The van der Waals surface area contributed by atoms with E-state index in [9.17, 15) is 4.79 Å². The number of unbranched alkanes of at least 4 members (excludes halogenated alkanes) is 10. The van der Waals surface area contributed by atoms with Crippen molar-refractivity contribution in [2.75, 3.05) is 6.61 Å². The number of ether oxygens (including phenoxy) is 2. The maximum absolute atomic E-state index is 12.6. The summed E-state index contributed by atoms with van der Waals surface area (Å²) in [6.45, 7) is 5.21. The lowest BCUT2D eigenvalue weighted by Gasteiger charge is -2.08.